The number of carbonyl (C=O) groups excluding carboxylic acids is 1. The quantitative estimate of drug-likeness (QED) is 0.683. The van der Waals surface area contributed by atoms with Crippen molar-refractivity contribution in [1.29, 1.82) is 0 Å². The molecular weight excluding hydrogens is 311 g/mol. The van der Waals surface area contributed by atoms with E-state index in [1.54, 1.807) is 17.4 Å². The highest BCUT2D eigenvalue weighted by Gasteiger charge is 2.10. The van der Waals surface area contributed by atoms with Crippen LogP contribution in [0.3, 0.4) is 0 Å². The summed E-state index contributed by atoms with van der Waals surface area (Å²) < 4.78 is 2.20. The van der Waals surface area contributed by atoms with E-state index >= 15 is 0 Å². The fraction of sp³-hybridized carbons (Fsp3) is 0.100. The van der Waals surface area contributed by atoms with Crippen LogP contribution in [0.1, 0.15) is 15.9 Å². The van der Waals surface area contributed by atoms with Crippen LogP contribution < -0.4 is 0 Å². The summed E-state index contributed by atoms with van der Waals surface area (Å²) in [5.74, 6) is 0. The van der Waals surface area contributed by atoms with Crippen molar-refractivity contribution in [2.24, 2.45) is 0 Å². The Morgan fingerprint density at radius 3 is 2.93 bits per heavy atom. The standard InChI is InChI=1S/C10H7IO2S/c11-8-2-1-6(3-12)9-7(4-13)5-14-10(8)9/h1-3,5,13H,4H2. The zero-order chi connectivity index (χ0) is 10.1. The normalized spacial score (nSPS) is 10.7. The van der Waals surface area contributed by atoms with Gasteiger partial charge in [0.1, 0.15) is 0 Å². The maximum absolute atomic E-state index is 10.8. The van der Waals surface area contributed by atoms with Gasteiger partial charge in [-0.25, -0.2) is 0 Å². The number of aliphatic hydroxyl groups excluding tert-OH is 1. The third-order valence-electron chi connectivity index (χ3n) is 2.08. The van der Waals surface area contributed by atoms with Crippen LogP contribution in [0, 0.1) is 3.57 Å². The second kappa shape index (κ2) is 3.96. The third kappa shape index (κ3) is 1.47. The van der Waals surface area contributed by atoms with E-state index in [1.165, 1.54) is 0 Å². The molecule has 1 aromatic heterocycles. The molecule has 0 saturated heterocycles. The molecule has 1 heterocycles. The van der Waals surface area contributed by atoms with E-state index in [1.807, 2.05) is 11.4 Å². The molecule has 0 aliphatic rings. The molecule has 1 aromatic carbocycles. The molecule has 14 heavy (non-hydrogen) atoms. The van der Waals surface area contributed by atoms with E-state index in [0.717, 1.165) is 25.5 Å². The first-order valence-electron chi connectivity index (χ1n) is 4.02. The Morgan fingerprint density at radius 2 is 2.29 bits per heavy atom. The first kappa shape index (κ1) is 10.1. The number of halogens is 1. The highest BCUT2D eigenvalue weighted by Crippen LogP contribution is 2.32. The summed E-state index contributed by atoms with van der Waals surface area (Å²) in [7, 11) is 0. The molecule has 0 spiro atoms. The van der Waals surface area contributed by atoms with Gasteiger partial charge in [-0.15, -0.1) is 11.3 Å². The molecule has 4 heteroatoms. The van der Waals surface area contributed by atoms with Crippen LogP contribution in [-0.4, -0.2) is 11.4 Å². The Hall–Kier alpha value is -0.460. The Kier molecular flexibility index (Phi) is 2.85. The maximum Gasteiger partial charge on any atom is 0.150 e. The van der Waals surface area contributed by atoms with Crippen LogP contribution >= 0.6 is 33.9 Å². The number of fused-ring (bicyclic) bond motifs is 1. The molecule has 0 aliphatic carbocycles. The molecule has 2 rings (SSSR count). The molecule has 72 valence electrons. The van der Waals surface area contributed by atoms with Crippen molar-refractivity contribution in [3.8, 4) is 0 Å². The fourth-order valence-corrected chi connectivity index (χ4v) is 3.25. The Morgan fingerprint density at radius 1 is 1.50 bits per heavy atom. The number of aldehydes is 1. The molecule has 2 nitrogen and oxygen atoms in total. The number of benzene rings is 1. The molecule has 0 bridgehead atoms. The monoisotopic (exact) mass is 318 g/mol. The molecule has 0 aliphatic heterocycles. The van der Waals surface area contributed by atoms with Crippen LogP contribution in [0.2, 0.25) is 0 Å². The lowest BCUT2D eigenvalue weighted by Crippen LogP contribution is -1.87. The van der Waals surface area contributed by atoms with Crippen LogP contribution in [0.5, 0.6) is 0 Å². The van der Waals surface area contributed by atoms with Crippen LogP contribution in [0.15, 0.2) is 17.5 Å². The molecular formula is C10H7IO2S. The lowest BCUT2D eigenvalue weighted by atomic mass is 10.1. The molecule has 2 aromatic rings. The van der Waals surface area contributed by atoms with Crippen molar-refractivity contribution in [2.75, 3.05) is 0 Å². The van der Waals surface area contributed by atoms with E-state index in [4.69, 9.17) is 5.11 Å². The van der Waals surface area contributed by atoms with E-state index in [-0.39, 0.29) is 6.61 Å². The largest absolute Gasteiger partial charge is 0.392 e. The lowest BCUT2D eigenvalue weighted by molar-refractivity contribution is 0.112. The van der Waals surface area contributed by atoms with Gasteiger partial charge in [0.15, 0.2) is 6.29 Å². The fourth-order valence-electron chi connectivity index (χ4n) is 1.42. The van der Waals surface area contributed by atoms with Crippen molar-refractivity contribution in [2.45, 2.75) is 6.61 Å². The van der Waals surface area contributed by atoms with Gasteiger partial charge in [-0.2, -0.15) is 0 Å². The van der Waals surface area contributed by atoms with Gasteiger partial charge in [0.05, 0.1) is 6.61 Å². The number of thiophene rings is 1. The summed E-state index contributed by atoms with van der Waals surface area (Å²) in [5, 5.41) is 11.9. The second-order valence-electron chi connectivity index (χ2n) is 2.88. The van der Waals surface area contributed by atoms with E-state index < -0.39 is 0 Å². The molecule has 0 saturated carbocycles. The first-order chi connectivity index (χ1) is 6.77. The zero-order valence-electron chi connectivity index (χ0n) is 7.16. The number of rotatable bonds is 2. The molecule has 0 unspecified atom stereocenters. The summed E-state index contributed by atoms with van der Waals surface area (Å²) in [4.78, 5) is 10.8. The van der Waals surface area contributed by atoms with Crippen molar-refractivity contribution < 1.29 is 9.90 Å². The zero-order valence-corrected chi connectivity index (χ0v) is 10.1. The van der Waals surface area contributed by atoms with Gasteiger partial charge in [0.2, 0.25) is 0 Å². The minimum absolute atomic E-state index is 0.0130. The predicted molar refractivity (Wildman–Crippen MR) is 65.9 cm³/mol. The molecule has 0 fully saturated rings. The molecule has 0 radical (unpaired) electrons. The molecule has 0 amide bonds. The highest BCUT2D eigenvalue weighted by atomic mass is 127. The van der Waals surface area contributed by atoms with Gasteiger partial charge >= 0.3 is 0 Å². The third-order valence-corrected chi connectivity index (χ3v) is 4.41. The van der Waals surface area contributed by atoms with Gasteiger partial charge in [-0.05, 0) is 45.7 Å². The van der Waals surface area contributed by atoms with Crippen LogP contribution in [-0.2, 0) is 6.61 Å². The molecule has 0 atom stereocenters. The average molecular weight is 318 g/mol. The van der Waals surface area contributed by atoms with Crippen molar-refractivity contribution in [3.05, 3.63) is 32.2 Å². The number of hydrogen-bond acceptors (Lipinski definition) is 3. The van der Waals surface area contributed by atoms with E-state index in [0.29, 0.717) is 5.56 Å². The van der Waals surface area contributed by atoms with Crippen molar-refractivity contribution >= 4 is 50.3 Å². The topological polar surface area (TPSA) is 37.3 Å². The summed E-state index contributed by atoms with van der Waals surface area (Å²) in [6.07, 6.45) is 0.838. The van der Waals surface area contributed by atoms with E-state index in [9.17, 15) is 4.79 Å². The minimum atomic E-state index is -0.0130. The Labute approximate surface area is 98.7 Å². The summed E-state index contributed by atoms with van der Waals surface area (Å²) in [5.41, 5.74) is 1.50. The number of aliphatic hydroxyl groups is 1. The maximum atomic E-state index is 10.8. The summed E-state index contributed by atoms with van der Waals surface area (Å²) >= 11 is 3.80. The van der Waals surface area contributed by atoms with Gasteiger partial charge in [-0.3, -0.25) is 4.79 Å². The smallest absolute Gasteiger partial charge is 0.150 e. The second-order valence-corrected chi connectivity index (χ2v) is 4.92. The lowest BCUT2D eigenvalue weighted by Gasteiger charge is -1.99. The van der Waals surface area contributed by atoms with Crippen molar-refractivity contribution in [1.82, 2.24) is 0 Å². The van der Waals surface area contributed by atoms with Gasteiger partial charge in [-0.1, -0.05) is 0 Å². The molecule has 1 N–H and O–H groups in total. The highest BCUT2D eigenvalue weighted by molar-refractivity contribution is 14.1. The summed E-state index contributed by atoms with van der Waals surface area (Å²) in [6, 6.07) is 3.72. The SMILES string of the molecule is O=Cc1ccc(I)c2scc(CO)c12. The van der Waals surface area contributed by atoms with Gasteiger partial charge in [0.25, 0.3) is 0 Å². The Balaban J connectivity index is 2.88. The average Bonchev–Trinajstić information content (AvgIpc) is 2.63. The number of carbonyl (C=O) groups is 1. The number of hydrogen-bond donors (Lipinski definition) is 1. The first-order valence-corrected chi connectivity index (χ1v) is 5.98. The predicted octanol–water partition coefficient (Wildman–Crippen LogP) is 2.81. The van der Waals surface area contributed by atoms with Crippen LogP contribution in [0.4, 0.5) is 0 Å². The Bertz CT molecular complexity index is 490. The van der Waals surface area contributed by atoms with Gasteiger partial charge < -0.3 is 5.11 Å². The van der Waals surface area contributed by atoms with Crippen LogP contribution in [0.25, 0.3) is 10.1 Å². The van der Waals surface area contributed by atoms with Gasteiger partial charge in [0, 0.05) is 19.2 Å². The van der Waals surface area contributed by atoms with Crippen molar-refractivity contribution in [3.63, 3.8) is 0 Å². The minimum Gasteiger partial charge on any atom is -0.392 e. The summed E-state index contributed by atoms with van der Waals surface area (Å²) in [6.45, 7) is -0.0130. The van der Waals surface area contributed by atoms with E-state index in [2.05, 4.69) is 22.6 Å².